The Kier molecular flexibility index (Phi) is 12.2. The summed E-state index contributed by atoms with van der Waals surface area (Å²) in [5, 5.41) is 0. The van der Waals surface area contributed by atoms with Crippen molar-refractivity contribution < 1.29 is 14.0 Å². The lowest BCUT2D eigenvalue weighted by atomic mass is 9.55. The average Bonchev–Trinajstić information content (AvgIpc) is 2.99. The summed E-state index contributed by atoms with van der Waals surface area (Å²) in [7, 11) is 8.25. The van der Waals surface area contributed by atoms with E-state index in [0.29, 0.717) is 26.4 Å². The van der Waals surface area contributed by atoms with Gasteiger partial charge in [0.2, 0.25) is 0 Å². The molecule has 4 aromatic rings. The van der Waals surface area contributed by atoms with Gasteiger partial charge in [-0.1, -0.05) is 109 Å². The van der Waals surface area contributed by atoms with E-state index in [-0.39, 0.29) is 13.8 Å². The molecule has 0 atom stereocenters. The van der Waals surface area contributed by atoms with E-state index >= 15 is 0 Å². The summed E-state index contributed by atoms with van der Waals surface area (Å²) in [6.07, 6.45) is 0. The third kappa shape index (κ3) is 9.99. The summed E-state index contributed by atoms with van der Waals surface area (Å²) in [5.41, 5.74) is 6.91. The molecule has 0 spiro atoms. The highest BCUT2D eigenvalue weighted by molar-refractivity contribution is 6.80. The number of hydrogen-bond donors (Lipinski definition) is 0. The van der Waals surface area contributed by atoms with E-state index in [1.54, 1.807) is 0 Å². The predicted octanol–water partition coefficient (Wildman–Crippen LogP) is 2.77. The van der Waals surface area contributed by atoms with Crippen LogP contribution in [0.25, 0.3) is 0 Å². The molecule has 41 heavy (non-hydrogen) atoms. The zero-order chi connectivity index (χ0) is 28.9. The molecule has 4 rings (SSSR count). The molecule has 0 unspecified atom stereocenters. The van der Waals surface area contributed by atoms with Crippen LogP contribution in [0.4, 0.5) is 0 Å². The second kappa shape index (κ2) is 16.3. The zero-order valence-electron chi connectivity index (χ0n) is 24.9. The van der Waals surface area contributed by atoms with Crippen molar-refractivity contribution in [1.82, 2.24) is 9.80 Å². The van der Waals surface area contributed by atoms with Gasteiger partial charge in [-0.3, -0.25) is 0 Å². The monoisotopic (exact) mass is 548 g/mol. The maximum Gasteiger partial charge on any atom is 0.361 e. The van der Waals surface area contributed by atoms with Crippen LogP contribution in [-0.4, -0.2) is 78.1 Å². The molecule has 0 aliphatic heterocycles. The Labute approximate surface area is 247 Å². The third-order valence-electron chi connectivity index (χ3n) is 6.95. The molecule has 0 radical (unpaired) electrons. The van der Waals surface area contributed by atoms with E-state index in [1.165, 1.54) is 0 Å². The second-order valence-electron chi connectivity index (χ2n) is 10.9. The Morgan fingerprint density at radius 2 is 0.805 bits per heavy atom. The second-order valence-corrected chi connectivity index (χ2v) is 10.9. The standard InChI is InChI=1S/C34H42B2N2O3/c1-37(2)23-25-40-35(31-11-7-5-8-12-31)33-19-15-29(16-20-33)27-39-28-30-17-21-34(22-18-30)36(41-26-24-38(3)4)32-13-9-6-10-14-32/h5-22H,23-28H2,1-4H3. The highest BCUT2D eigenvalue weighted by Gasteiger charge is 2.22. The largest absolute Gasteiger partial charge is 0.426 e. The normalized spacial score (nSPS) is 11.3. The Bertz CT molecular complexity index is 1170. The predicted molar refractivity (Wildman–Crippen MR) is 173 cm³/mol. The minimum absolute atomic E-state index is 0.0868. The maximum atomic E-state index is 6.31. The van der Waals surface area contributed by atoms with Crippen LogP contribution in [0.2, 0.25) is 0 Å². The lowest BCUT2D eigenvalue weighted by molar-refractivity contribution is 0.107. The number of nitrogens with zero attached hydrogens (tertiary/aromatic N) is 2. The Morgan fingerprint density at radius 3 is 1.15 bits per heavy atom. The van der Waals surface area contributed by atoms with Gasteiger partial charge in [0, 0.05) is 26.3 Å². The summed E-state index contributed by atoms with van der Waals surface area (Å²) in [4.78, 5) is 4.27. The van der Waals surface area contributed by atoms with Gasteiger partial charge in [-0.15, -0.1) is 0 Å². The van der Waals surface area contributed by atoms with Crippen molar-refractivity contribution in [3.8, 4) is 0 Å². The van der Waals surface area contributed by atoms with Crippen LogP contribution in [0.15, 0.2) is 109 Å². The van der Waals surface area contributed by atoms with Crippen LogP contribution in [-0.2, 0) is 27.3 Å². The Morgan fingerprint density at radius 1 is 0.463 bits per heavy atom. The Hall–Kier alpha value is -3.19. The van der Waals surface area contributed by atoms with Crippen molar-refractivity contribution >= 4 is 35.7 Å². The fraction of sp³-hybridized carbons (Fsp3) is 0.294. The number of hydrogen-bond acceptors (Lipinski definition) is 5. The molecule has 0 N–H and O–H groups in total. The summed E-state index contributed by atoms with van der Waals surface area (Å²) in [5.74, 6) is 0. The molecule has 0 bridgehead atoms. The van der Waals surface area contributed by atoms with Gasteiger partial charge in [0.05, 0.1) is 13.2 Å². The fourth-order valence-electron chi connectivity index (χ4n) is 4.60. The van der Waals surface area contributed by atoms with E-state index in [0.717, 1.165) is 46.1 Å². The first-order chi connectivity index (χ1) is 20.0. The van der Waals surface area contributed by atoms with Gasteiger partial charge in [0.1, 0.15) is 0 Å². The van der Waals surface area contributed by atoms with Crippen LogP contribution < -0.4 is 21.9 Å². The molecule has 0 saturated carbocycles. The van der Waals surface area contributed by atoms with Crippen molar-refractivity contribution in [3.05, 3.63) is 120 Å². The first-order valence-electron chi connectivity index (χ1n) is 14.4. The minimum atomic E-state index is -0.0868. The van der Waals surface area contributed by atoms with Gasteiger partial charge >= 0.3 is 13.8 Å². The molecule has 0 aromatic heterocycles. The SMILES string of the molecule is CN(C)CCOB(c1ccccc1)c1ccc(COCc2ccc(B(OCCN(C)C)c3ccccc3)cc2)cc1. The van der Waals surface area contributed by atoms with Crippen molar-refractivity contribution in [1.29, 1.82) is 0 Å². The van der Waals surface area contributed by atoms with Gasteiger partial charge in [-0.25, -0.2) is 0 Å². The summed E-state index contributed by atoms with van der Waals surface area (Å²) in [6, 6.07) is 38.0. The lowest BCUT2D eigenvalue weighted by Crippen LogP contribution is -2.46. The topological polar surface area (TPSA) is 34.2 Å². The van der Waals surface area contributed by atoms with Crippen LogP contribution >= 0.6 is 0 Å². The number of benzene rings is 4. The van der Waals surface area contributed by atoms with Crippen molar-refractivity contribution in [3.63, 3.8) is 0 Å². The van der Waals surface area contributed by atoms with Gasteiger partial charge < -0.3 is 23.8 Å². The van der Waals surface area contributed by atoms with Crippen molar-refractivity contribution in [2.24, 2.45) is 0 Å². The molecule has 0 aliphatic rings. The van der Waals surface area contributed by atoms with E-state index in [9.17, 15) is 0 Å². The van der Waals surface area contributed by atoms with Gasteiger partial charge in [-0.05, 0) is 61.2 Å². The molecule has 0 heterocycles. The fourth-order valence-corrected chi connectivity index (χ4v) is 4.60. The smallest absolute Gasteiger partial charge is 0.361 e. The summed E-state index contributed by atoms with van der Waals surface area (Å²) >= 11 is 0. The maximum absolute atomic E-state index is 6.31. The van der Waals surface area contributed by atoms with Crippen LogP contribution in [0.1, 0.15) is 11.1 Å². The molecule has 0 aliphatic carbocycles. The highest BCUT2D eigenvalue weighted by atomic mass is 16.5. The van der Waals surface area contributed by atoms with E-state index in [4.69, 9.17) is 14.0 Å². The van der Waals surface area contributed by atoms with E-state index in [1.807, 2.05) is 12.1 Å². The number of likely N-dealkylation sites (N-methyl/N-ethyl adjacent to an activating group) is 2. The van der Waals surface area contributed by atoms with Crippen LogP contribution in [0.3, 0.4) is 0 Å². The summed E-state index contributed by atoms with van der Waals surface area (Å²) in [6.45, 7) is 4.04. The molecule has 4 aromatic carbocycles. The van der Waals surface area contributed by atoms with Gasteiger partial charge in [-0.2, -0.15) is 0 Å². The molecular formula is C34H42B2N2O3. The Balaban J connectivity index is 1.33. The molecular weight excluding hydrogens is 506 g/mol. The molecule has 5 nitrogen and oxygen atoms in total. The zero-order valence-corrected chi connectivity index (χ0v) is 24.9. The van der Waals surface area contributed by atoms with Gasteiger partial charge in [0.25, 0.3) is 0 Å². The average molecular weight is 548 g/mol. The first kappa shape index (κ1) is 30.8. The van der Waals surface area contributed by atoms with E-state index in [2.05, 4.69) is 135 Å². The molecule has 0 saturated heterocycles. The molecule has 0 amide bonds. The van der Waals surface area contributed by atoms with Crippen molar-refractivity contribution in [2.45, 2.75) is 13.2 Å². The van der Waals surface area contributed by atoms with E-state index < -0.39 is 0 Å². The molecule has 7 heteroatoms. The molecule has 0 fully saturated rings. The van der Waals surface area contributed by atoms with Crippen LogP contribution in [0, 0.1) is 0 Å². The number of rotatable bonds is 16. The summed E-state index contributed by atoms with van der Waals surface area (Å²) < 4.78 is 18.7. The minimum Gasteiger partial charge on any atom is -0.426 e. The quantitative estimate of drug-likeness (QED) is 0.201. The van der Waals surface area contributed by atoms with Crippen LogP contribution in [0.5, 0.6) is 0 Å². The highest BCUT2D eigenvalue weighted by Crippen LogP contribution is 2.07. The third-order valence-corrected chi connectivity index (χ3v) is 6.95. The first-order valence-corrected chi connectivity index (χ1v) is 14.4. The van der Waals surface area contributed by atoms with Gasteiger partial charge in [0.15, 0.2) is 0 Å². The lowest BCUT2D eigenvalue weighted by Gasteiger charge is -2.18. The van der Waals surface area contributed by atoms with Crippen molar-refractivity contribution in [2.75, 3.05) is 54.5 Å². The number of ether oxygens (including phenoxy) is 1. The molecule has 212 valence electrons.